The largest absolute Gasteiger partial charge is 0.492 e. The summed E-state index contributed by atoms with van der Waals surface area (Å²) in [6.45, 7) is 4.16. The molecule has 7 heteroatoms. The van der Waals surface area contributed by atoms with Gasteiger partial charge in [-0.1, -0.05) is 6.07 Å². The highest BCUT2D eigenvalue weighted by atomic mass is 32.2. The Bertz CT molecular complexity index is 562. The monoisotopic (exact) mass is 301 g/mol. The van der Waals surface area contributed by atoms with Crippen molar-refractivity contribution in [1.82, 2.24) is 4.31 Å². The van der Waals surface area contributed by atoms with Gasteiger partial charge in [0.05, 0.1) is 0 Å². The highest BCUT2D eigenvalue weighted by Gasteiger charge is 2.21. The number of ether oxygens (including phenoxy) is 1. The number of rotatable bonds is 7. The van der Waals surface area contributed by atoms with Crippen molar-refractivity contribution in [3.8, 4) is 5.75 Å². The van der Waals surface area contributed by atoms with E-state index in [1.165, 1.54) is 7.05 Å². The zero-order valence-corrected chi connectivity index (χ0v) is 12.6. The first-order chi connectivity index (χ1) is 9.20. The molecule has 0 aliphatic rings. The van der Waals surface area contributed by atoms with Crippen LogP contribution >= 0.6 is 0 Å². The van der Waals surface area contributed by atoms with Crippen molar-refractivity contribution >= 4 is 16.0 Å². The first-order valence-electron chi connectivity index (χ1n) is 6.07. The number of hydrogen-bond donors (Lipinski definition) is 1. The minimum Gasteiger partial charge on any atom is -0.492 e. The molecule has 0 bridgehead atoms. The molecule has 0 fully saturated rings. The molecule has 0 heterocycles. The van der Waals surface area contributed by atoms with Crippen LogP contribution in [0.3, 0.4) is 0 Å². The van der Waals surface area contributed by atoms with E-state index < -0.39 is 21.7 Å². The van der Waals surface area contributed by atoms with Crippen molar-refractivity contribution in [1.29, 1.82) is 0 Å². The lowest BCUT2D eigenvalue weighted by Crippen LogP contribution is -2.35. The van der Waals surface area contributed by atoms with E-state index in [0.717, 1.165) is 15.4 Å². The Labute approximate surface area is 119 Å². The summed E-state index contributed by atoms with van der Waals surface area (Å²) in [5.74, 6) is -1.61. The van der Waals surface area contributed by atoms with Crippen LogP contribution in [0.25, 0.3) is 0 Å². The molecule has 6 nitrogen and oxygen atoms in total. The van der Waals surface area contributed by atoms with Crippen LogP contribution in [0.1, 0.15) is 11.1 Å². The Balaban J connectivity index is 2.53. The third kappa shape index (κ3) is 5.18. The molecule has 1 N–H and O–H groups in total. The number of nitrogens with zero attached hydrogens (tertiary/aromatic N) is 1. The highest BCUT2D eigenvalue weighted by molar-refractivity contribution is 7.89. The standard InChI is InChI=1S/C13H19NO5S/c1-10-6-11(2)8-12(7-10)19-5-4-14(3)20(17,18)9-13(15)16/h6-8H,4-5,9H2,1-3H3,(H,15,16). The molecule has 0 saturated carbocycles. The number of benzene rings is 1. The van der Waals surface area contributed by atoms with Gasteiger partial charge in [0.1, 0.15) is 12.4 Å². The molecule has 0 unspecified atom stereocenters. The lowest BCUT2D eigenvalue weighted by molar-refractivity contribution is -0.134. The molecule has 0 atom stereocenters. The fourth-order valence-electron chi connectivity index (χ4n) is 1.71. The van der Waals surface area contributed by atoms with Crippen molar-refractivity contribution in [2.45, 2.75) is 13.8 Å². The maximum absolute atomic E-state index is 11.6. The van der Waals surface area contributed by atoms with Gasteiger partial charge in [0, 0.05) is 13.6 Å². The number of carbonyl (C=O) groups is 1. The zero-order valence-electron chi connectivity index (χ0n) is 11.8. The zero-order chi connectivity index (χ0) is 15.3. The second-order valence-corrected chi connectivity index (χ2v) is 6.72. The summed E-state index contributed by atoms with van der Waals surface area (Å²) in [4.78, 5) is 10.5. The Morgan fingerprint density at radius 1 is 1.25 bits per heavy atom. The summed E-state index contributed by atoms with van der Waals surface area (Å²) in [6, 6.07) is 5.73. The smallest absolute Gasteiger partial charge is 0.320 e. The first-order valence-corrected chi connectivity index (χ1v) is 7.68. The van der Waals surface area contributed by atoms with E-state index in [2.05, 4.69) is 0 Å². The van der Waals surface area contributed by atoms with E-state index in [0.29, 0.717) is 5.75 Å². The van der Waals surface area contributed by atoms with Gasteiger partial charge >= 0.3 is 5.97 Å². The van der Waals surface area contributed by atoms with Crippen LogP contribution in [0, 0.1) is 13.8 Å². The fraction of sp³-hybridized carbons (Fsp3) is 0.462. The van der Waals surface area contributed by atoms with Gasteiger partial charge in [0.2, 0.25) is 10.0 Å². The summed E-state index contributed by atoms with van der Waals surface area (Å²) < 4.78 is 29.6. The molecule has 0 radical (unpaired) electrons. The number of likely N-dealkylation sites (N-methyl/N-ethyl adjacent to an activating group) is 1. The maximum Gasteiger partial charge on any atom is 0.320 e. The maximum atomic E-state index is 11.6. The summed E-state index contributed by atoms with van der Waals surface area (Å²) in [7, 11) is -2.44. The molecular weight excluding hydrogens is 282 g/mol. The van der Waals surface area contributed by atoms with E-state index >= 15 is 0 Å². The number of aliphatic carboxylic acids is 1. The molecule has 0 aliphatic heterocycles. The van der Waals surface area contributed by atoms with Crippen molar-refractivity contribution in [2.24, 2.45) is 0 Å². The Kier molecular flexibility index (Phi) is 5.52. The quantitative estimate of drug-likeness (QED) is 0.813. The summed E-state index contributed by atoms with van der Waals surface area (Å²) in [6.07, 6.45) is 0. The summed E-state index contributed by atoms with van der Waals surface area (Å²) >= 11 is 0. The SMILES string of the molecule is Cc1cc(C)cc(OCCN(C)S(=O)(=O)CC(=O)O)c1. The number of carboxylic acid groups (broad SMARTS) is 1. The van der Waals surface area contributed by atoms with Gasteiger partial charge in [-0.3, -0.25) is 4.79 Å². The number of carboxylic acids is 1. The van der Waals surface area contributed by atoms with Crippen LogP contribution in [0.15, 0.2) is 18.2 Å². The normalized spacial score (nSPS) is 11.6. The third-order valence-corrected chi connectivity index (χ3v) is 4.39. The fourth-order valence-corrected chi connectivity index (χ4v) is 2.60. The second kappa shape index (κ2) is 6.71. The van der Waals surface area contributed by atoms with Gasteiger partial charge in [-0.05, 0) is 37.1 Å². The second-order valence-electron chi connectivity index (χ2n) is 4.64. The van der Waals surface area contributed by atoms with E-state index in [1.54, 1.807) is 0 Å². The Hall–Kier alpha value is -1.60. The third-order valence-electron chi connectivity index (χ3n) is 2.65. The molecule has 20 heavy (non-hydrogen) atoms. The van der Waals surface area contributed by atoms with Crippen molar-refractivity contribution in [2.75, 3.05) is 26.0 Å². The van der Waals surface area contributed by atoms with E-state index in [1.807, 2.05) is 32.0 Å². The van der Waals surface area contributed by atoms with Crippen LogP contribution in [-0.2, 0) is 14.8 Å². The molecule has 0 spiro atoms. The summed E-state index contributed by atoms with van der Waals surface area (Å²) in [5.41, 5.74) is 2.12. The van der Waals surface area contributed by atoms with Crippen LogP contribution < -0.4 is 4.74 Å². The van der Waals surface area contributed by atoms with Gasteiger partial charge in [0.25, 0.3) is 0 Å². The number of aryl methyl sites for hydroxylation is 2. The minimum absolute atomic E-state index is 0.0998. The van der Waals surface area contributed by atoms with E-state index in [4.69, 9.17) is 9.84 Å². The average molecular weight is 301 g/mol. The molecule has 1 rings (SSSR count). The molecule has 0 aromatic heterocycles. The molecule has 1 aromatic rings. The van der Waals surface area contributed by atoms with Crippen LogP contribution in [0.2, 0.25) is 0 Å². The lowest BCUT2D eigenvalue weighted by Gasteiger charge is -2.16. The van der Waals surface area contributed by atoms with Crippen molar-refractivity contribution in [3.63, 3.8) is 0 Å². The van der Waals surface area contributed by atoms with E-state index in [-0.39, 0.29) is 13.2 Å². The minimum atomic E-state index is -3.78. The lowest BCUT2D eigenvalue weighted by atomic mass is 10.1. The average Bonchev–Trinajstić information content (AvgIpc) is 2.25. The van der Waals surface area contributed by atoms with Crippen LogP contribution in [0.5, 0.6) is 5.75 Å². The molecule has 1 aromatic carbocycles. The van der Waals surface area contributed by atoms with Crippen molar-refractivity contribution in [3.05, 3.63) is 29.3 Å². The Morgan fingerprint density at radius 2 is 1.80 bits per heavy atom. The predicted molar refractivity (Wildman–Crippen MR) is 75.5 cm³/mol. The number of hydrogen-bond acceptors (Lipinski definition) is 4. The molecule has 0 saturated heterocycles. The molecular formula is C13H19NO5S. The van der Waals surface area contributed by atoms with Crippen LogP contribution in [-0.4, -0.2) is 49.8 Å². The van der Waals surface area contributed by atoms with Gasteiger partial charge in [-0.15, -0.1) is 0 Å². The molecule has 0 aliphatic carbocycles. The highest BCUT2D eigenvalue weighted by Crippen LogP contribution is 2.16. The first kappa shape index (κ1) is 16.5. The van der Waals surface area contributed by atoms with Gasteiger partial charge in [-0.25, -0.2) is 12.7 Å². The topological polar surface area (TPSA) is 83.9 Å². The van der Waals surface area contributed by atoms with Crippen LogP contribution in [0.4, 0.5) is 0 Å². The Morgan fingerprint density at radius 3 is 2.30 bits per heavy atom. The molecule has 0 amide bonds. The van der Waals surface area contributed by atoms with Crippen molar-refractivity contribution < 1.29 is 23.1 Å². The predicted octanol–water partition coefficient (Wildman–Crippen LogP) is 1.03. The van der Waals surface area contributed by atoms with Gasteiger partial charge in [0.15, 0.2) is 5.75 Å². The van der Waals surface area contributed by atoms with E-state index in [9.17, 15) is 13.2 Å². The van der Waals surface area contributed by atoms with Gasteiger partial charge < -0.3 is 9.84 Å². The summed E-state index contributed by atoms with van der Waals surface area (Å²) in [5, 5.41) is 8.53. The van der Waals surface area contributed by atoms with Gasteiger partial charge in [-0.2, -0.15) is 0 Å². The molecule has 112 valence electrons. The number of sulfonamides is 1.